The van der Waals surface area contributed by atoms with Crippen LogP contribution in [0.1, 0.15) is 26.2 Å². The first kappa shape index (κ1) is 15.1. The first-order chi connectivity index (χ1) is 6.93. The number of nitrogens with one attached hydrogen (secondary N) is 1. The first-order valence-electron chi connectivity index (χ1n) is 5.22. The molecular weight excluding hydrogens is 229 g/mol. The molecule has 1 N–H and O–H groups in total. The average Bonchev–Trinajstić information content (AvgIpc) is 2.54. The highest BCUT2D eigenvalue weighted by Crippen LogP contribution is 2.11. The topological polar surface area (TPSA) is 13.7 Å². The summed E-state index contributed by atoms with van der Waals surface area (Å²) in [6, 6.07) is 0. The molecule has 0 aromatic heterocycles. The predicted molar refractivity (Wildman–Crippen MR) is 56.0 cm³/mol. The summed E-state index contributed by atoms with van der Waals surface area (Å²) >= 11 is 3.59. The zero-order chi connectivity index (χ0) is 11.7. The minimum Gasteiger partial charge on any atom is -0.435 e. The maximum absolute atomic E-state index is 10.2. The van der Waals surface area contributed by atoms with Crippen molar-refractivity contribution in [2.75, 3.05) is 26.4 Å². The zero-order valence-corrected chi connectivity index (χ0v) is 9.70. The third-order valence-corrected chi connectivity index (χ3v) is 1.97. The molecule has 0 unspecified atom stereocenters. The molecule has 1 heterocycles. The van der Waals surface area contributed by atoms with Crippen LogP contribution in [0.25, 0.3) is 0 Å². The predicted octanol–water partition coefficient (Wildman–Crippen LogP) is 1.62. The fourth-order valence-electron chi connectivity index (χ4n) is 1.38. The molecular formula is C8H18BClF3NO. The van der Waals surface area contributed by atoms with Crippen LogP contribution in [0.3, 0.4) is 0 Å². The molecule has 0 aromatic rings. The van der Waals surface area contributed by atoms with Gasteiger partial charge in [0, 0.05) is 12.8 Å². The number of hydrogen-bond donors (Lipinski definition) is 1. The Labute approximate surface area is 93.7 Å². The van der Waals surface area contributed by atoms with Gasteiger partial charge in [-0.1, -0.05) is 6.92 Å². The Morgan fingerprint density at radius 1 is 1.27 bits per heavy atom. The van der Waals surface area contributed by atoms with Gasteiger partial charge >= 0.3 is 6.39 Å². The van der Waals surface area contributed by atoms with E-state index in [2.05, 4.69) is 18.4 Å². The van der Waals surface area contributed by atoms with Crippen LogP contribution in [0, 0.1) is 0 Å². The molecule has 0 bridgehead atoms. The van der Waals surface area contributed by atoms with E-state index >= 15 is 0 Å². The Hall–Kier alpha value is 0.0649. The number of hydrogen-bond acceptors (Lipinski definition) is 1. The van der Waals surface area contributed by atoms with E-state index in [1.165, 1.54) is 25.9 Å². The normalized spacial score (nSPS) is 17.4. The van der Waals surface area contributed by atoms with Gasteiger partial charge in [0.1, 0.15) is 0 Å². The molecule has 1 fully saturated rings. The van der Waals surface area contributed by atoms with Gasteiger partial charge in [0.25, 0.3) is 0 Å². The quantitative estimate of drug-likeness (QED) is 0.589. The lowest BCUT2D eigenvalue weighted by molar-refractivity contribution is -0.907. The van der Waals surface area contributed by atoms with E-state index in [-0.39, 0.29) is 0 Å². The van der Waals surface area contributed by atoms with Crippen LogP contribution in [-0.2, 0) is 4.74 Å². The number of ether oxygens (including phenoxy) is 1. The van der Waals surface area contributed by atoms with Crippen molar-refractivity contribution in [3.05, 3.63) is 0 Å². The van der Waals surface area contributed by atoms with Crippen molar-refractivity contribution in [1.29, 1.82) is 0 Å². The second kappa shape index (κ2) is 8.24. The maximum atomic E-state index is 10.2. The van der Waals surface area contributed by atoms with E-state index in [4.69, 9.17) is 4.74 Å². The maximum Gasteiger partial charge on any atom is 0.576 e. The second-order valence-electron chi connectivity index (χ2n) is 3.50. The van der Waals surface area contributed by atoms with Gasteiger partial charge in [0.15, 0.2) is 6.73 Å². The first-order valence-corrected chi connectivity index (χ1v) is 5.65. The molecule has 15 heavy (non-hydrogen) atoms. The third kappa shape index (κ3) is 14.1. The lowest BCUT2D eigenvalue weighted by Crippen LogP contribution is -3.10. The SMILES string of the molecule is CCCOC[NH+]1CCCC1.F[B-](F)(F)Cl. The largest absolute Gasteiger partial charge is 0.576 e. The molecule has 7 heteroatoms. The van der Waals surface area contributed by atoms with Crippen LogP contribution in [0.2, 0.25) is 0 Å². The van der Waals surface area contributed by atoms with Gasteiger partial charge in [0.05, 0.1) is 19.7 Å². The molecule has 0 aromatic carbocycles. The lowest BCUT2D eigenvalue weighted by Gasteiger charge is -2.10. The van der Waals surface area contributed by atoms with E-state index in [0.29, 0.717) is 0 Å². The van der Waals surface area contributed by atoms with Crippen molar-refractivity contribution in [3.8, 4) is 0 Å². The molecule has 1 rings (SSSR count). The number of likely N-dealkylation sites (tertiary alicyclic amines) is 1. The molecule has 0 aliphatic carbocycles. The van der Waals surface area contributed by atoms with Gasteiger partial charge in [-0.05, 0) is 6.42 Å². The highest BCUT2D eigenvalue weighted by molar-refractivity contribution is 7.08. The fraction of sp³-hybridized carbons (Fsp3) is 1.00. The number of quaternary nitrogens is 1. The summed E-state index contributed by atoms with van der Waals surface area (Å²) in [5.41, 5.74) is 0. The summed E-state index contributed by atoms with van der Waals surface area (Å²) in [5.74, 6) is 0. The lowest BCUT2D eigenvalue weighted by atomic mass is 10.4. The van der Waals surface area contributed by atoms with E-state index in [9.17, 15) is 12.9 Å². The summed E-state index contributed by atoms with van der Waals surface area (Å²) in [7, 11) is 0. The van der Waals surface area contributed by atoms with E-state index in [1.807, 2.05) is 0 Å². The van der Waals surface area contributed by atoms with E-state index in [0.717, 1.165) is 19.8 Å². The molecule has 1 aliphatic rings. The summed E-state index contributed by atoms with van der Waals surface area (Å²) in [4.78, 5) is 1.63. The van der Waals surface area contributed by atoms with Crippen molar-refractivity contribution in [2.45, 2.75) is 26.2 Å². The standard InChI is InChI=1S/C8H17NO.BClF3/c1-2-7-10-8-9-5-3-4-6-9;2-1(3,4)5/h2-8H2,1H3;/q;-1/p+1. The second-order valence-corrected chi connectivity index (χ2v) is 4.00. The average molecular weight is 247 g/mol. The third-order valence-electron chi connectivity index (χ3n) is 1.97. The minimum absolute atomic E-state index is 0.934. The minimum atomic E-state index is -5.03. The Balaban J connectivity index is 0.000000336. The molecule has 1 saturated heterocycles. The van der Waals surface area contributed by atoms with Crippen molar-refractivity contribution < 1.29 is 22.6 Å². The van der Waals surface area contributed by atoms with Gasteiger partial charge in [-0.25, -0.2) is 0 Å². The molecule has 0 radical (unpaired) electrons. The van der Waals surface area contributed by atoms with Gasteiger partial charge < -0.3 is 22.6 Å². The summed E-state index contributed by atoms with van der Waals surface area (Å²) in [6.45, 7) is 6.67. The van der Waals surface area contributed by atoms with Crippen LogP contribution in [0.5, 0.6) is 0 Å². The van der Waals surface area contributed by atoms with Crippen molar-refractivity contribution >= 4 is 17.9 Å². The van der Waals surface area contributed by atoms with Gasteiger partial charge in [-0.2, -0.15) is 0 Å². The molecule has 0 saturated carbocycles. The Bertz CT molecular complexity index is 147. The highest BCUT2D eigenvalue weighted by Gasteiger charge is 2.15. The monoisotopic (exact) mass is 247 g/mol. The number of halogens is 4. The van der Waals surface area contributed by atoms with Crippen molar-refractivity contribution in [1.82, 2.24) is 0 Å². The fourth-order valence-corrected chi connectivity index (χ4v) is 1.38. The molecule has 0 spiro atoms. The van der Waals surface area contributed by atoms with Crippen LogP contribution in [0.4, 0.5) is 12.9 Å². The van der Waals surface area contributed by atoms with E-state index < -0.39 is 6.39 Å². The summed E-state index contributed by atoms with van der Waals surface area (Å²) in [5, 5.41) is 0. The van der Waals surface area contributed by atoms with E-state index in [1.54, 1.807) is 4.90 Å². The van der Waals surface area contributed by atoms with Crippen LogP contribution in [0.15, 0.2) is 0 Å². The van der Waals surface area contributed by atoms with Crippen LogP contribution < -0.4 is 4.90 Å². The zero-order valence-electron chi connectivity index (χ0n) is 8.95. The molecule has 0 atom stereocenters. The molecule has 2 nitrogen and oxygen atoms in total. The van der Waals surface area contributed by atoms with Gasteiger partial charge in [-0.3, -0.25) is 11.5 Å². The Kier molecular flexibility index (Phi) is 8.28. The Morgan fingerprint density at radius 3 is 2.13 bits per heavy atom. The molecule has 1 aliphatic heterocycles. The van der Waals surface area contributed by atoms with Crippen LogP contribution in [-0.4, -0.2) is 32.8 Å². The summed E-state index contributed by atoms with van der Waals surface area (Å²) < 4.78 is 36.0. The van der Waals surface area contributed by atoms with Crippen molar-refractivity contribution in [3.63, 3.8) is 0 Å². The highest BCUT2D eigenvalue weighted by atomic mass is 35.5. The smallest absolute Gasteiger partial charge is 0.435 e. The summed E-state index contributed by atoms with van der Waals surface area (Å²) in [6.07, 6.45) is -1.09. The number of rotatable bonds is 4. The van der Waals surface area contributed by atoms with Gasteiger partial charge in [0.2, 0.25) is 0 Å². The molecule has 92 valence electrons. The van der Waals surface area contributed by atoms with Crippen LogP contribution >= 0.6 is 11.5 Å². The molecule has 0 amide bonds. The van der Waals surface area contributed by atoms with Crippen molar-refractivity contribution in [2.24, 2.45) is 0 Å². The Morgan fingerprint density at radius 2 is 1.73 bits per heavy atom. The van der Waals surface area contributed by atoms with Gasteiger partial charge in [-0.15, -0.1) is 0 Å².